The van der Waals surface area contributed by atoms with Gasteiger partial charge in [0, 0.05) is 5.92 Å². The van der Waals surface area contributed by atoms with Crippen LogP contribution in [0.4, 0.5) is 0 Å². The lowest BCUT2D eigenvalue weighted by atomic mass is 9.54. The molecule has 0 amide bonds. The fraction of sp³-hybridized carbons (Fsp3) is 0.667. The van der Waals surface area contributed by atoms with E-state index in [1.165, 1.54) is 44.1 Å². The zero-order valence-corrected chi connectivity index (χ0v) is 11.8. The minimum atomic E-state index is 0.433. The zero-order valence-electron chi connectivity index (χ0n) is 11.8. The van der Waals surface area contributed by atoms with Crippen molar-refractivity contribution in [3.63, 3.8) is 0 Å². The molecule has 19 heavy (non-hydrogen) atoms. The number of allylic oxidation sites excluding steroid dienone is 5. The molecule has 2 saturated carbocycles. The number of hydrogen-bond acceptors (Lipinski definition) is 1. The third kappa shape index (κ3) is 1.67. The third-order valence-corrected chi connectivity index (χ3v) is 6.53. The summed E-state index contributed by atoms with van der Waals surface area (Å²) in [6, 6.07) is 0. The first-order valence-corrected chi connectivity index (χ1v) is 7.96. The van der Waals surface area contributed by atoms with Crippen molar-refractivity contribution in [2.75, 3.05) is 0 Å². The maximum absolute atomic E-state index is 9.67. The van der Waals surface area contributed by atoms with Gasteiger partial charge in [0.25, 0.3) is 0 Å². The van der Waals surface area contributed by atoms with Gasteiger partial charge in [0.15, 0.2) is 0 Å². The van der Waals surface area contributed by atoms with Gasteiger partial charge in [-0.3, -0.25) is 0 Å². The quantitative estimate of drug-likeness (QED) is 0.661. The molecule has 0 unspecified atom stereocenters. The van der Waals surface area contributed by atoms with Crippen molar-refractivity contribution < 1.29 is 5.11 Å². The van der Waals surface area contributed by atoms with Crippen molar-refractivity contribution >= 4 is 0 Å². The van der Waals surface area contributed by atoms with Crippen molar-refractivity contribution in [3.8, 4) is 0 Å². The van der Waals surface area contributed by atoms with E-state index in [4.69, 9.17) is 0 Å². The van der Waals surface area contributed by atoms with Crippen LogP contribution in [0.25, 0.3) is 0 Å². The van der Waals surface area contributed by atoms with Crippen LogP contribution in [0.3, 0.4) is 0 Å². The third-order valence-electron chi connectivity index (χ3n) is 6.53. The molecular formula is C18H24O. The number of hydrogen-bond donors (Lipinski definition) is 1. The van der Waals surface area contributed by atoms with Gasteiger partial charge in [0.05, 0.1) is 0 Å². The van der Waals surface area contributed by atoms with Crippen LogP contribution in [-0.4, -0.2) is 5.11 Å². The maximum Gasteiger partial charge on any atom is 0.115 e. The molecule has 0 radical (unpaired) electrons. The highest BCUT2D eigenvalue weighted by Crippen LogP contribution is 2.60. The van der Waals surface area contributed by atoms with Crippen molar-refractivity contribution in [1.82, 2.24) is 0 Å². The Balaban J connectivity index is 1.68. The fourth-order valence-corrected chi connectivity index (χ4v) is 5.58. The van der Waals surface area contributed by atoms with Gasteiger partial charge >= 0.3 is 0 Å². The largest absolute Gasteiger partial charge is 0.508 e. The van der Waals surface area contributed by atoms with E-state index in [1.807, 2.05) is 12.2 Å². The Morgan fingerprint density at radius 2 is 2.11 bits per heavy atom. The van der Waals surface area contributed by atoms with E-state index in [0.29, 0.717) is 17.1 Å². The van der Waals surface area contributed by atoms with Crippen molar-refractivity contribution in [1.29, 1.82) is 0 Å². The van der Waals surface area contributed by atoms with Gasteiger partial charge in [0.2, 0.25) is 0 Å². The molecule has 0 saturated heterocycles. The predicted octanol–water partition coefficient (Wildman–Crippen LogP) is 4.78. The second-order valence-electron chi connectivity index (χ2n) is 7.41. The summed E-state index contributed by atoms with van der Waals surface area (Å²) >= 11 is 0. The second kappa shape index (κ2) is 4.01. The van der Waals surface area contributed by atoms with E-state index in [1.54, 1.807) is 0 Å². The van der Waals surface area contributed by atoms with Crippen molar-refractivity contribution in [2.45, 2.75) is 45.4 Å². The van der Waals surface area contributed by atoms with Crippen LogP contribution in [-0.2, 0) is 0 Å². The normalized spacial score (nSPS) is 47.8. The summed E-state index contributed by atoms with van der Waals surface area (Å²) in [4.78, 5) is 0. The summed E-state index contributed by atoms with van der Waals surface area (Å²) in [6.45, 7) is 2.54. The lowest BCUT2D eigenvalue weighted by Crippen LogP contribution is -2.42. The van der Waals surface area contributed by atoms with E-state index >= 15 is 0 Å². The van der Waals surface area contributed by atoms with Crippen LogP contribution >= 0.6 is 0 Å². The molecule has 4 aliphatic rings. The molecule has 4 rings (SSSR count). The number of aliphatic hydroxyl groups is 1. The van der Waals surface area contributed by atoms with Crippen LogP contribution in [0.2, 0.25) is 0 Å². The molecule has 102 valence electrons. The van der Waals surface area contributed by atoms with E-state index in [9.17, 15) is 5.11 Å². The first-order valence-electron chi connectivity index (χ1n) is 7.96. The van der Waals surface area contributed by atoms with Gasteiger partial charge in [0.1, 0.15) is 5.76 Å². The van der Waals surface area contributed by atoms with Gasteiger partial charge in [-0.2, -0.15) is 0 Å². The Kier molecular flexibility index (Phi) is 2.49. The molecular weight excluding hydrogens is 232 g/mol. The molecule has 5 atom stereocenters. The van der Waals surface area contributed by atoms with Crippen molar-refractivity contribution in [2.24, 2.45) is 29.1 Å². The lowest BCUT2D eigenvalue weighted by molar-refractivity contribution is 0.0245. The number of rotatable bonds is 0. The van der Waals surface area contributed by atoms with Gasteiger partial charge in [-0.15, -0.1) is 0 Å². The Labute approximate surface area is 116 Å². The van der Waals surface area contributed by atoms with Crippen molar-refractivity contribution in [3.05, 3.63) is 35.6 Å². The van der Waals surface area contributed by atoms with Crippen LogP contribution in [0.1, 0.15) is 45.4 Å². The maximum atomic E-state index is 9.67. The van der Waals surface area contributed by atoms with Gasteiger partial charge in [-0.1, -0.05) is 25.5 Å². The SMILES string of the molecule is C[C@@]12CCC[C@H]1[C@H]1CC=C3C=C(O)C=C[C@@H]3[C@H]1CC2. The summed E-state index contributed by atoms with van der Waals surface area (Å²) in [5.74, 6) is 3.70. The van der Waals surface area contributed by atoms with Gasteiger partial charge in [-0.05, 0) is 73.0 Å². The molecule has 0 bridgehead atoms. The average Bonchev–Trinajstić information content (AvgIpc) is 2.79. The summed E-state index contributed by atoms with van der Waals surface area (Å²) in [5, 5.41) is 9.67. The smallest absolute Gasteiger partial charge is 0.115 e. The van der Waals surface area contributed by atoms with E-state index in [2.05, 4.69) is 19.1 Å². The number of aliphatic hydroxyl groups excluding tert-OH is 1. The minimum Gasteiger partial charge on any atom is -0.508 e. The van der Waals surface area contributed by atoms with Crippen LogP contribution < -0.4 is 0 Å². The highest BCUT2D eigenvalue weighted by atomic mass is 16.3. The summed E-state index contributed by atoms with van der Waals surface area (Å²) in [6.07, 6.45) is 17.0. The fourth-order valence-electron chi connectivity index (χ4n) is 5.58. The molecule has 4 aliphatic carbocycles. The molecule has 1 nitrogen and oxygen atoms in total. The molecule has 0 aromatic heterocycles. The van der Waals surface area contributed by atoms with E-state index in [-0.39, 0.29) is 0 Å². The first kappa shape index (κ1) is 11.8. The summed E-state index contributed by atoms with van der Waals surface area (Å²) < 4.78 is 0. The monoisotopic (exact) mass is 256 g/mol. The molecule has 0 aromatic carbocycles. The lowest BCUT2D eigenvalue weighted by Gasteiger charge is -2.50. The highest BCUT2D eigenvalue weighted by molar-refractivity contribution is 5.38. The topological polar surface area (TPSA) is 20.2 Å². The van der Waals surface area contributed by atoms with E-state index < -0.39 is 0 Å². The first-order chi connectivity index (χ1) is 9.17. The van der Waals surface area contributed by atoms with Gasteiger partial charge in [-0.25, -0.2) is 0 Å². The zero-order chi connectivity index (χ0) is 13.0. The highest BCUT2D eigenvalue weighted by Gasteiger charge is 2.51. The molecule has 2 fully saturated rings. The van der Waals surface area contributed by atoms with E-state index in [0.717, 1.165) is 17.8 Å². The van der Waals surface area contributed by atoms with Gasteiger partial charge < -0.3 is 5.11 Å². The Morgan fingerprint density at radius 1 is 1.21 bits per heavy atom. The van der Waals surface area contributed by atoms with Crippen LogP contribution in [0.5, 0.6) is 0 Å². The molecule has 1 N–H and O–H groups in total. The molecule has 0 spiro atoms. The summed E-state index contributed by atoms with van der Waals surface area (Å²) in [5.41, 5.74) is 2.02. The second-order valence-corrected chi connectivity index (χ2v) is 7.41. The van der Waals surface area contributed by atoms with Crippen LogP contribution in [0.15, 0.2) is 35.6 Å². The Morgan fingerprint density at radius 3 is 3.00 bits per heavy atom. The molecule has 0 heterocycles. The standard InChI is InChI=1S/C18H24O/c1-18-9-2-3-17(18)16-6-4-12-11-13(19)5-7-14(12)15(16)8-10-18/h4-5,7,11,14-17,19H,2-3,6,8-10H2,1H3/t14-,15+,16-,17-,18-/m0/s1. The average molecular weight is 256 g/mol. The summed E-state index contributed by atoms with van der Waals surface area (Å²) in [7, 11) is 0. The number of fused-ring (bicyclic) bond motifs is 5. The molecule has 0 aromatic rings. The molecule has 1 heteroatoms. The Bertz CT molecular complexity index is 484. The minimum absolute atomic E-state index is 0.433. The predicted molar refractivity (Wildman–Crippen MR) is 77.7 cm³/mol. The Hall–Kier alpha value is -0.980. The van der Waals surface area contributed by atoms with Crippen LogP contribution in [0, 0.1) is 29.1 Å². The molecule has 0 aliphatic heterocycles.